The Bertz CT molecular complexity index is 653. The molecule has 0 saturated heterocycles. The van der Waals surface area contributed by atoms with Crippen LogP contribution in [0.4, 0.5) is 0 Å². The summed E-state index contributed by atoms with van der Waals surface area (Å²) >= 11 is 1.55. The van der Waals surface area contributed by atoms with Crippen LogP contribution in [0.1, 0.15) is 25.0 Å². The first-order valence-electron chi connectivity index (χ1n) is 7.45. The summed E-state index contributed by atoms with van der Waals surface area (Å²) in [5, 5.41) is 0. The van der Waals surface area contributed by atoms with Crippen molar-refractivity contribution in [2.24, 2.45) is 0 Å². The minimum atomic E-state index is 0. The fourth-order valence-corrected chi connectivity index (χ4v) is 2.32. The van der Waals surface area contributed by atoms with Crippen molar-refractivity contribution in [3.05, 3.63) is 90.0 Å². The molecule has 0 nitrogen and oxygen atoms in total. The molecule has 0 unspecified atom stereocenters. The van der Waals surface area contributed by atoms with Crippen LogP contribution in [-0.2, 0) is 30.7 Å². The maximum absolute atomic E-state index is 3.30. The third-order valence-corrected chi connectivity index (χ3v) is 3.17. The second-order valence-corrected chi connectivity index (χ2v) is 7.82. The van der Waals surface area contributed by atoms with Gasteiger partial charge in [-0.3, -0.25) is 0 Å². The molecule has 24 heavy (non-hydrogen) atoms. The maximum atomic E-state index is 3.30. The first-order valence-corrected chi connectivity index (χ1v) is 8.67. The Morgan fingerprint density at radius 1 is 0.917 bits per heavy atom. The Kier molecular flexibility index (Phi) is 12.0. The molecule has 0 N–H and O–H groups in total. The van der Waals surface area contributed by atoms with Gasteiger partial charge in [-0.25, -0.2) is 12.1 Å². The van der Waals surface area contributed by atoms with Crippen LogP contribution in [0.15, 0.2) is 72.8 Å². The number of hydrogen-bond donors (Lipinski definition) is 0. The van der Waals surface area contributed by atoms with Crippen LogP contribution in [0.25, 0.3) is 11.1 Å². The van der Waals surface area contributed by atoms with E-state index in [2.05, 4.69) is 56.3 Å². The molecule has 0 radical (unpaired) electrons. The Balaban J connectivity index is 0.000000409. The van der Waals surface area contributed by atoms with E-state index < -0.39 is 0 Å². The van der Waals surface area contributed by atoms with Crippen molar-refractivity contribution in [3.63, 3.8) is 0 Å². The molecule has 0 heterocycles. The van der Waals surface area contributed by atoms with Crippen molar-refractivity contribution in [1.82, 2.24) is 0 Å². The summed E-state index contributed by atoms with van der Waals surface area (Å²) in [6.07, 6.45) is 1.05. The second kappa shape index (κ2) is 12.5. The number of fused-ring (bicyclic) bond motifs is 3. The molecule has 0 bridgehead atoms. The summed E-state index contributed by atoms with van der Waals surface area (Å²) in [6, 6.07) is 28.1. The van der Waals surface area contributed by atoms with E-state index in [1.54, 1.807) is 24.2 Å². The topological polar surface area (TPSA) is 0 Å². The molecule has 0 spiro atoms. The van der Waals surface area contributed by atoms with Crippen molar-refractivity contribution >= 4 is 28.0 Å². The van der Waals surface area contributed by atoms with E-state index in [4.69, 9.17) is 0 Å². The molecular formula is C21H22Cl2Zr. The predicted molar refractivity (Wildman–Crippen MR) is 106 cm³/mol. The third kappa shape index (κ3) is 7.35. The maximum Gasteiger partial charge on any atom is -0.0253 e. The van der Waals surface area contributed by atoms with Gasteiger partial charge in [-0.1, -0.05) is 35.4 Å². The average molecular weight is 437 g/mol. The molecule has 0 amide bonds. The van der Waals surface area contributed by atoms with Gasteiger partial charge < -0.3 is 0 Å². The molecule has 1 aliphatic rings. The van der Waals surface area contributed by atoms with Gasteiger partial charge in [-0.05, 0) is 6.42 Å². The molecule has 3 aromatic carbocycles. The van der Waals surface area contributed by atoms with E-state index in [0.717, 1.165) is 6.42 Å². The van der Waals surface area contributed by atoms with Crippen LogP contribution in [0.5, 0.6) is 0 Å². The minimum absolute atomic E-state index is 0. The van der Waals surface area contributed by atoms with Crippen molar-refractivity contribution < 1.29 is 24.2 Å². The zero-order valence-corrected chi connectivity index (χ0v) is 18.0. The summed E-state index contributed by atoms with van der Waals surface area (Å²) in [5.74, 6) is 0. The quantitative estimate of drug-likeness (QED) is 0.294. The second-order valence-electron chi connectivity index (χ2n) is 5.36. The Morgan fingerprint density at radius 2 is 1.50 bits per heavy atom. The van der Waals surface area contributed by atoms with Crippen molar-refractivity contribution in [2.75, 3.05) is 0 Å². The van der Waals surface area contributed by atoms with Gasteiger partial charge in [-0.15, -0.1) is 30.4 Å². The summed E-state index contributed by atoms with van der Waals surface area (Å²) in [6.45, 7) is 4.25. The summed E-state index contributed by atoms with van der Waals surface area (Å²) in [5.41, 5.74) is 5.51. The van der Waals surface area contributed by atoms with Gasteiger partial charge in [0.05, 0.1) is 0 Å². The zero-order valence-electron chi connectivity index (χ0n) is 14.0. The molecule has 4 rings (SSSR count). The van der Waals surface area contributed by atoms with Gasteiger partial charge >= 0.3 is 41.3 Å². The summed E-state index contributed by atoms with van der Waals surface area (Å²) in [7, 11) is 0. The summed E-state index contributed by atoms with van der Waals surface area (Å²) in [4.78, 5) is 0. The van der Waals surface area contributed by atoms with Crippen LogP contribution in [0.3, 0.4) is 0 Å². The monoisotopic (exact) mass is 434 g/mol. The van der Waals surface area contributed by atoms with Crippen LogP contribution < -0.4 is 0 Å². The molecule has 1 aliphatic carbocycles. The van der Waals surface area contributed by atoms with Gasteiger partial charge in [0.15, 0.2) is 0 Å². The molecule has 0 atom stereocenters. The predicted octanol–water partition coefficient (Wildman–Crippen LogP) is 6.05. The fraction of sp³-hybridized carbons (Fsp3) is 0.143. The van der Waals surface area contributed by atoms with Gasteiger partial charge in [-0.2, -0.15) is 48.0 Å². The van der Waals surface area contributed by atoms with E-state index in [0.29, 0.717) is 0 Å². The van der Waals surface area contributed by atoms with Gasteiger partial charge in [0.25, 0.3) is 0 Å². The molecule has 0 fully saturated rings. The van der Waals surface area contributed by atoms with E-state index >= 15 is 0 Å². The Labute approximate surface area is 172 Å². The third-order valence-electron chi connectivity index (χ3n) is 3.17. The standard InChI is InChI=1S/C13H9.C5H5.C3H6.2ClH.Zr/c1-3-7-12-10(5-1)9-11-6-2-4-8-13(11)12;1-2-4-5-3-1;1-3-2;;;/h1-5,7-8H,9H2;1-5H;1-2H3;2*1H;/q2*-1;;;;+2. The van der Waals surface area contributed by atoms with E-state index in [1.807, 2.05) is 36.4 Å². The number of halogens is 2. The molecule has 0 aliphatic heterocycles. The number of benzene rings is 2. The van der Waals surface area contributed by atoms with Gasteiger partial charge in [0, 0.05) is 0 Å². The molecule has 3 heteroatoms. The van der Waals surface area contributed by atoms with Crippen molar-refractivity contribution in [2.45, 2.75) is 20.3 Å². The van der Waals surface area contributed by atoms with E-state index in [1.165, 1.54) is 25.5 Å². The van der Waals surface area contributed by atoms with Crippen molar-refractivity contribution in [3.8, 4) is 11.1 Å². The van der Waals surface area contributed by atoms with Crippen LogP contribution in [0, 0.1) is 6.07 Å². The first-order chi connectivity index (χ1) is 10.7. The Hall–Kier alpha value is -0.877. The van der Waals surface area contributed by atoms with Gasteiger partial charge in [0.1, 0.15) is 0 Å². The van der Waals surface area contributed by atoms with Crippen molar-refractivity contribution in [1.29, 1.82) is 0 Å². The molecular weight excluding hydrogens is 414 g/mol. The van der Waals surface area contributed by atoms with E-state index in [9.17, 15) is 0 Å². The van der Waals surface area contributed by atoms with Crippen LogP contribution in [0.2, 0.25) is 0 Å². The Morgan fingerprint density at radius 3 is 2.08 bits per heavy atom. The molecule has 3 aromatic rings. The summed E-state index contributed by atoms with van der Waals surface area (Å²) < 4.78 is 1.51. The molecule has 0 saturated carbocycles. The molecule has 124 valence electrons. The normalized spacial score (nSPS) is 9.50. The van der Waals surface area contributed by atoms with Crippen LogP contribution in [-0.4, -0.2) is 3.21 Å². The zero-order chi connectivity index (χ0) is 15.8. The number of hydrogen-bond acceptors (Lipinski definition) is 0. The minimum Gasteiger partial charge on any atom is -0.214 e. The fourth-order valence-electron chi connectivity index (χ4n) is 2.32. The smallest absolute Gasteiger partial charge is 0.0253 e. The van der Waals surface area contributed by atoms with Crippen LogP contribution >= 0.6 is 24.8 Å². The molecule has 0 aromatic heterocycles. The first kappa shape index (κ1) is 23.1. The SMILES string of the molecule is C[C](C)=[Zr+2].Cl.Cl.[c-]1cccc2c1Cc1ccccc1-2.c1cc[cH-]c1. The van der Waals surface area contributed by atoms with Gasteiger partial charge in [0.2, 0.25) is 0 Å². The average Bonchev–Trinajstić information content (AvgIpc) is 3.18. The van der Waals surface area contributed by atoms with E-state index in [-0.39, 0.29) is 24.8 Å². The number of rotatable bonds is 0. The largest absolute Gasteiger partial charge is 0.214 e.